The van der Waals surface area contributed by atoms with Crippen molar-refractivity contribution in [1.82, 2.24) is 0 Å². The van der Waals surface area contributed by atoms with Gasteiger partial charge in [0, 0.05) is 11.3 Å². The van der Waals surface area contributed by atoms with Gasteiger partial charge >= 0.3 is 0 Å². The molecule has 3 aromatic rings. The van der Waals surface area contributed by atoms with Crippen molar-refractivity contribution >= 4 is 23.1 Å². The molecule has 2 N–H and O–H groups in total. The molecule has 1 aliphatic rings. The van der Waals surface area contributed by atoms with E-state index in [1.165, 1.54) is 17.0 Å². The van der Waals surface area contributed by atoms with Gasteiger partial charge in [-0.3, -0.25) is 14.5 Å². The zero-order valence-corrected chi connectivity index (χ0v) is 18.6. The number of anilines is 1. The van der Waals surface area contributed by atoms with Crippen LogP contribution in [0.2, 0.25) is 0 Å². The predicted molar refractivity (Wildman–Crippen MR) is 126 cm³/mol. The largest absolute Gasteiger partial charge is 0.508 e. The molecular formula is C27H25NO5. The first kappa shape index (κ1) is 22.1. The van der Waals surface area contributed by atoms with E-state index in [1.54, 1.807) is 54.6 Å². The van der Waals surface area contributed by atoms with Gasteiger partial charge in [0.05, 0.1) is 17.7 Å². The number of amides is 1. The van der Waals surface area contributed by atoms with Crippen molar-refractivity contribution in [2.75, 3.05) is 4.90 Å². The number of phenols is 1. The molecule has 0 saturated carbocycles. The summed E-state index contributed by atoms with van der Waals surface area (Å²) in [7, 11) is 0. The number of phenolic OH excluding ortho intramolecular Hbond substituents is 1. The Hall–Kier alpha value is -4.06. The van der Waals surface area contributed by atoms with Crippen molar-refractivity contribution in [1.29, 1.82) is 0 Å². The summed E-state index contributed by atoms with van der Waals surface area (Å²) in [5.74, 6) is -1.18. The summed E-state index contributed by atoms with van der Waals surface area (Å²) in [5.41, 5.74) is 2.31. The summed E-state index contributed by atoms with van der Waals surface area (Å²) in [6.07, 6.45) is -0.00476. The molecule has 33 heavy (non-hydrogen) atoms. The average molecular weight is 443 g/mol. The number of hydrogen-bond donors (Lipinski definition) is 2. The fourth-order valence-electron chi connectivity index (χ4n) is 4.01. The Morgan fingerprint density at radius 1 is 0.970 bits per heavy atom. The van der Waals surface area contributed by atoms with Crippen LogP contribution < -0.4 is 9.64 Å². The Labute approximate surface area is 192 Å². The third kappa shape index (κ3) is 4.32. The Morgan fingerprint density at radius 2 is 1.67 bits per heavy atom. The van der Waals surface area contributed by atoms with Crippen molar-refractivity contribution in [2.45, 2.75) is 32.9 Å². The van der Waals surface area contributed by atoms with E-state index < -0.39 is 17.7 Å². The molecule has 1 amide bonds. The normalized spacial score (nSPS) is 17.6. The molecule has 3 aromatic carbocycles. The molecule has 0 aromatic heterocycles. The van der Waals surface area contributed by atoms with E-state index >= 15 is 0 Å². The van der Waals surface area contributed by atoms with Gasteiger partial charge in [0.15, 0.2) is 0 Å². The van der Waals surface area contributed by atoms with Crippen LogP contribution in [0, 0.1) is 6.92 Å². The molecule has 168 valence electrons. The van der Waals surface area contributed by atoms with Gasteiger partial charge in [-0.1, -0.05) is 24.3 Å². The highest BCUT2D eigenvalue weighted by molar-refractivity contribution is 6.51. The van der Waals surface area contributed by atoms with E-state index in [-0.39, 0.29) is 23.2 Å². The summed E-state index contributed by atoms with van der Waals surface area (Å²) in [4.78, 5) is 27.7. The molecule has 6 heteroatoms. The Balaban J connectivity index is 1.88. The molecule has 1 saturated heterocycles. The lowest BCUT2D eigenvalue weighted by atomic mass is 9.95. The second-order valence-electron chi connectivity index (χ2n) is 8.29. The van der Waals surface area contributed by atoms with E-state index in [0.717, 1.165) is 5.56 Å². The zero-order chi connectivity index (χ0) is 23.7. The quantitative estimate of drug-likeness (QED) is 0.325. The smallest absolute Gasteiger partial charge is 0.300 e. The summed E-state index contributed by atoms with van der Waals surface area (Å²) >= 11 is 0. The summed E-state index contributed by atoms with van der Waals surface area (Å²) in [6.45, 7) is 5.72. The van der Waals surface area contributed by atoms with Crippen LogP contribution >= 0.6 is 0 Å². The number of ether oxygens (including phenoxy) is 1. The summed E-state index contributed by atoms with van der Waals surface area (Å²) in [5, 5.41) is 21.2. The summed E-state index contributed by atoms with van der Waals surface area (Å²) in [6, 6.07) is 19.4. The minimum absolute atomic E-state index is 0.00230. The number of carbonyl (C=O) groups excluding carboxylic acids is 2. The number of aliphatic hydroxyl groups is 1. The van der Waals surface area contributed by atoms with Gasteiger partial charge in [-0.05, 0) is 80.4 Å². The second-order valence-corrected chi connectivity index (χ2v) is 8.29. The molecule has 0 radical (unpaired) electrons. The van der Waals surface area contributed by atoms with Gasteiger partial charge in [0.25, 0.3) is 11.7 Å². The standard InChI is InChI=1S/C27H25NO5/c1-16(2)33-22-12-10-18(11-13-22)25(30)23-24(19-7-5-9-21(29)15-19)28(27(32)26(23)31)20-8-4-6-17(3)14-20/h4-16,24,29-30H,1-3H3/b25-23+. The monoisotopic (exact) mass is 443 g/mol. The average Bonchev–Trinajstić information content (AvgIpc) is 3.04. The molecule has 1 fully saturated rings. The number of rotatable bonds is 5. The van der Waals surface area contributed by atoms with E-state index in [2.05, 4.69) is 0 Å². The maximum absolute atomic E-state index is 13.2. The minimum Gasteiger partial charge on any atom is -0.508 e. The molecule has 4 rings (SSSR count). The highest BCUT2D eigenvalue weighted by Crippen LogP contribution is 2.43. The SMILES string of the molecule is Cc1cccc(N2C(=O)C(=O)/C(=C(/O)c3ccc(OC(C)C)cc3)C2c2cccc(O)c2)c1. The maximum Gasteiger partial charge on any atom is 0.300 e. The number of nitrogens with zero attached hydrogens (tertiary/aromatic N) is 1. The molecule has 0 spiro atoms. The fourth-order valence-corrected chi connectivity index (χ4v) is 4.01. The number of aliphatic hydroxyl groups excluding tert-OH is 1. The van der Waals surface area contributed by atoms with Gasteiger partial charge in [-0.2, -0.15) is 0 Å². The molecule has 1 atom stereocenters. The first-order valence-electron chi connectivity index (χ1n) is 10.7. The molecule has 6 nitrogen and oxygen atoms in total. The lowest BCUT2D eigenvalue weighted by Gasteiger charge is -2.25. The third-order valence-corrected chi connectivity index (χ3v) is 5.41. The van der Waals surface area contributed by atoms with Crippen LogP contribution in [0.25, 0.3) is 5.76 Å². The molecule has 0 bridgehead atoms. The number of carbonyl (C=O) groups is 2. The van der Waals surface area contributed by atoms with Crippen LogP contribution in [0.3, 0.4) is 0 Å². The highest BCUT2D eigenvalue weighted by Gasteiger charge is 2.47. The van der Waals surface area contributed by atoms with Gasteiger partial charge < -0.3 is 14.9 Å². The van der Waals surface area contributed by atoms with Gasteiger partial charge in [-0.15, -0.1) is 0 Å². The van der Waals surface area contributed by atoms with E-state index in [1.807, 2.05) is 26.8 Å². The van der Waals surface area contributed by atoms with E-state index in [4.69, 9.17) is 4.74 Å². The van der Waals surface area contributed by atoms with E-state index in [9.17, 15) is 19.8 Å². The number of aryl methyl sites for hydroxylation is 1. The van der Waals surface area contributed by atoms with Crippen LogP contribution in [0.5, 0.6) is 11.5 Å². The van der Waals surface area contributed by atoms with Gasteiger partial charge in [-0.25, -0.2) is 0 Å². The lowest BCUT2D eigenvalue weighted by Crippen LogP contribution is -2.29. The van der Waals surface area contributed by atoms with Crippen molar-refractivity contribution in [3.8, 4) is 11.5 Å². The maximum atomic E-state index is 13.2. The van der Waals surface area contributed by atoms with Crippen LogP contribution in [-0.2, 0) is 9.59 Å². The first-order valence-corrected chi connectivity index (χ1v) is 10.7. The summed E-state index contributed by atoms with van der Waals surface area (Å²) < 4.78 is 5.65. The topological polar surface area (TPSA) is 87.1 Å². The minimum atomic E-state index is -0.898. The van der Waals surface area contributed by atoms with Crippen LogP contribution in [0.4, 0.5) is 5.69 Å². The first-order chi connectivity index (χ1) is 15.8. The number of aromatic hydroxyl groups is 1. The molecule has 1 aliphatic heterocycles. The molecule has 1 heterocycles. The van der Waals surface area contributed by atoms with Crippen LogP contribution in [-0.4, -0.2) is 28.0 Å². The van der Waals surface area contributed by atoms with Crippen LogP contribution in [0.15, 0.2) is 78.4 Å². The van der Waals surface area contributed by atoms with Gasteiger partial charge in [0.1, 0.15) is 17.3 Å². The molecule has 1 unspecified atom stereocenters. The van der Waals surface area contributed by atoms with Crippen molar-refractivity contribution in [3.63, 3.8) is 0 Å². The second kappa shape index (κ2) is 8.82. The lowest BCUT2D eigenvalue weighted by molar-refractivity contribution is -0.132. The van der Waals surface area contributed by atoms with Gasteiger partial charge in [0.2, 0.25) is 0 Å². The zero-order valence-electron chi connectivity index (χ0n) is 18.6. The number of Topliss-reactive ketones (excluding diaryl/α,β-unsaturated/α-hetero) is 1. The predicted octanol–water partition coefficient (Wildman–Crippen LogP) is 5.11. The highest BCUT2D eigenvalue weighted by atomic mass is 16.5. The molecule has 0 aliphatic carbocycles. The third-order valence-electron chi connectivity index (χ3n) is 5.41. The van der Waals surface area contributed by atoms with E-state index in [0.29, 0.717) is 22.6 Å². The Bertz CT molecular complexity index is 1240. The Kier molecular flexibility index (Phi) is 5.92. The molecular weight excluding hydrogens is 418 g/mol. The number of ketones is 1. The number of hydrogen-bond acceptors (Lipinski definition) is 5. The Morgan fingerprint density at radius 3 is 2.30 bits per heavy atom. The van der Waals surface area contributed by atoms with Crippen molar-refractivity contribution < 1.29 is 24.5 Å². The van der Waals surface area contributed by atoms with Crippen molar-refractivity contribution in [2.24, 2.45) is 0 Å². The van der Waals surface area contributed by atoms with Crippen molar-refractivity contribution in [3.05, 3.63) is 95.1 Å². The van der Waals surface area contributed by atoms with Crippen LogP contribution in [0.1, 0.15) is 36.6 Å². The fraction of sp³-hybridized carbons (Fsp3) is 0.185. The number of benzene rings is 3.